The summed E-state index contributed by atoms with van der Waals surface area (Å²) >= 11 is 0. The largest absolute Gasteiger partial charge is 0.453 e. The first-order valence-corrected chi connectivity index (χ1v) is 21.8. The predicted molar refractivity (Wildman–Crippen MR) is 238 cm³/mol. The molecule has 332 valence electrons. The van der Waals surface area contributed by atoms with Crippen molar-refractivity contribution in [1.29, 1.82) is 0 Å². The first kappa shape index (κ1) is 43.4. The Hall–Kier alpha value is -6.22. The molecular formula is C48H58N8O7. The van der Waals surface area contributed by atoms with E-state index in [1.165, 1.54) is 14.2 Å². The molecule has 5 atom stereocenters. The van der Waals surface area contributed by atoms with E-state index in [1.807, 2.05) is 38.8 Å². The second kappa shape index (κ2) is 17.9. The zero-order valence-corrected chi connectivity index (χ0v) is 37.1. The van der Waals surface area contributed by atoms with E-state index in [2.05, 4.69) is 81.3 Å². The standard InChI is InChI=1S/C48H58N8O7/c1-27(2)40(53-46(59)62-6)44(57)55-24-29(25-61-5)18-38(55)42-49-22-36(51-42)31-10-8-30(9-11-31)32-12-13-34-20-35(15-14-33(34)19-32)37-23-50-43(52-37)39-21-48(16-17-48)26-56(39)45(58)41(28(3)4)54-47(60)63-7/h8-15,19-20,22-23,27-29,38-41H,16-18,21,24-26H2,1-7H3,(H,49,51)(H,50,52)(H,53,59)(H,54,60)/t29-,38+,39+,40?,41+/m1/s1. The number of hydrogen-bond donors (Lipinski definition) is 4. The molecule has 4 N–H and O–H groups in total. The van der Waals surface area contributed by atoms with Crippen molar-refractivity contribution in [2.24, 2.45) is 23.2 Å². The summed E-state index contributed by atoms with van der Waals surface area (Å²) in [5.41, 5.74) is 5.96. The number of amides is 4. The van der Waals surface area contributed by atoms with Gasteiger partial charge in [-0.25, -0.2) is 19.6 Å². The lowest BCUT2D eigenvalue weighted by atomic mass is 9.98. The molecule has 2 aliphatic heterocycles. The molecule has 0 radical (unpaired) electrons. The number of carbonyl (C=O) groups is 4. The average molecular weight is 859 g/mol. The second-order valence-corrected chi connectivity index (χ2v) is 18.2. The van der Waals surface area contributed by atoms with Gasteiger partial charge in [-0.05, 0) is 82.5 Å². The number of rotatable bonds is 13. The third-order valence-electron chi connectivity index (χ3n) is 13.1. The molecule has 4 heterocycles. The molecule has 15 nitrogen and oxygen atoms in total. The molecule has 4 amide bonds. The lowest BCUT2D eigenvalue weighted by molar-refractivity contribution is -0.136. The van der Waals surface area contributed by atoms with Crippen LogP contribution in [0.1, 0.15) is 77.1 Å². The van der Waals surface area contributed by atoms with Crippen molar-refractivity contribution >= 4 is 34.8 Å². The summed E-state index contributed by atoms with van der Waals surface area (Å²) < 4.78 is 15.1. The Morgan fingerprint density at radius 1 is 0.698 bits per heavy atom. The topological polar surface area (TPSA) is 184 Å². The zero-order chi connectivity index (χ0) is 44.6. The Kier molecular flexibility index (Phi) is 12.3. The minimum absolute atomic E-state index is 0.109. The molecule has 8 rings (SSSR count). The van der Waals surface area contributed by atoms with Gasteiger partial charge in [0, 0.05) is 31.7 Å². The smallest absolute Gasteiger partial charge is 0.407 e. The van der Waals surface area contributed by atoms with Crippen molar-refractivity contribution in [1.82, 2.24) is 40.4 Å². The van der Waals surface area contributed by atoms with Crippen LogP contribution in [-0.2, 0) is 23.8 Å². The van der Waals surface area contributed by atoms with Gasteiger partial charge >= 0.3 is 12.2 Å². The predicted octanol–water partition coefficient (Wildman–Crippen LogP) is 7.64. The van der Waals surface area contributed by atoms with Crippen molar-refractivity contribution in [3.63, 3.8) is 0 Å². The van der Waals surface area contributed by atoms with Crippen LogP contribution in [0.4, 0.5) is 9.59 Å². The number of aromatic nitrogens is 4. The SMILES string of the molecule is COC[C@@H]1C[C@@H](c2ncc(-c3ccc(-c4ccc5cc(-c6cnc([C@@H]7CC8(CC8)CN7C(=O)[C@@H](NC(=O)OC)C(C)C)[nH]6)ccc5c4)cc3)[nH]2)N(C(=O)C(NC(=O)OC)C(C)C)C1. The normalized spacial score (nSPS) is 20.0. The Morgan fingerprint density at radius 2 is 1.21 bits per heavy atom. The molecule has 3 aromatic carbocycles. The summed E-state index contributed by atoms with van der Waals surface area (Å²) in [6.07, 6.45) is 6.08. The molecule has 63 heavy (non-hydrogen) atoms. The van der Waals surface area contributed by atoms with Crippen LogP contribution in [0.25, 0.3) is 44.4 Å². The van der Waals surface area contributed by atoms with Crippen molar-refractivity contribution in [3.8, 4) is 33.6 Å². The van der Waals surface area contributed by atoms with Crippen LogP contribution >= 0.6 is 0 Å². The number of likely N-dealkylation sites (tertiary alicyclic amines) is 2. The quantitative estimate of drug-likeness (QED) is 0.0925. The van der Waals surface area contributed by atoms with Crippen LogP contribution in [0.15, 0.2) is 73.1 Å². The van der Waals surface area contributed by atoms with Crippen LogP contribution in [0.3, 0.4) is 0 Å². The van der Waals surface area contributed by atoms with E-state index in [4.69, 9.17) is 24.2 Å². The maximum Gasteiger partial charge on any atom is 0.407 e. The summed E-state index contributed by atoms with van der Waals surface area (Å²) in [6, 6.07) is 19.2. The summed E-state index contributed by atoms with van der Waals surface area (Å²) in [5, 5.41) is 7.66. The van der Waals surface area contributed by atoms with Gasteiger partial charge in [0.25, 0.3) is 0 Å². The number of hydrogen-bond acceptors (Lipinski definition) is 9. The number of fused-ring (bicyclic) bond motifs is 1. The van der Waals surface area contributed by atoms with E-state index in [0.29, 0.717) is 31.9 Å². The number of H-pyrrole nitrogens is 2. The number of aromatic amines is 2. The number of carbonyl (C=O) groups excluding carboxylic acids is 4. The highest BCUT2D eigenvalue weighted by atomic mass is 16.5. The number of alkyl carbamates (subject to hydrolysis) is 2. The maximum atomic E-state index is 13.9. The highest BCUT2D eigenvalue weighted by Crippen LogP contribution is 2.58. The van der Waals surface area contributed by atoms with Gasteiger partial charge in [0.1, 0.15) is 23.7 Å². The third-order valence-corrected chi connectivity index (χ3v) is 13.1. The molecule has 2 saturated heterocycles. The summed E-state index contributed by atoms with van der Waals surface area (Å²) in [4.78, 5) is 72.3. The third kappa shape index (κ3) is 9.01. The van der Waals surface area contributed by atoms with Crippen molar-refractivity contribution in [2.45, 2.75) is 77.5 Å². The number of nitrogens with one attached hydrogen (secondary N) is 4. The fraction of sp³-hybridized carbons (Fsp3) is 0.458. The molecule has 1 aliphatic carbocycles. The van der Waals surface area contributed by atoms with Gasteiger partial charge in [-0.3, -0.25) is 9.59 Å². The Balaban J connectivity index is 0.963. The summed E-state index contributed by atoms with van der Waals surface area (Å²) in [5.74, 6) is 1.02. The van der Waals surface area contributed by atoms with Crippen LogP contribution in [0, 0.1) is 23.2 Å². The Labute approximate surface area is 367 Å². The molecule has 1 spiro atoms. The first-order chi connectivity index (χ1) is 30.3. The highest BCUT2D eigenvalue weighted by molar-refractivity contribution is 5.91. The van der Waals surface area contributed by atoms with Crippen molar-refractivity contribution in [2.75, 3.05) is 41.0 Å². The number of nitrogens with zero attached hydrogens (tertiary/aromatic N) is 4. The van der Waals surface area contributed by atoms with Crippen LogP contribution in [0.5, 0.6) is 0 Å². The van der Waals surface area contributed by atoms with Gasteiger partial charge < -0.3 is 44.6 Å². The fourth-order valence-electron chi connectivity index (χ4n) is 9.35. The second-order valence-electron chi connectivity index (χ2n) is 18.2. The molecule has 1 saturated carbocycles. The van der Waals surface area contributed by atoms with Gasteiger partial charge in [-0.15, -0.1) is 0 Å². The molecule has 1 unspecified atom stereocenters. The Morgan fingerprint density at radius 3 is 1.76 bits per heavy atom. The minimum atomic E-state index is -0.739. The van der Waals surface area contributed by atoms with Crippen LogP contribution < -0.4 is 10.6 Å². The van der Waals surface area contributed by atoms with Gasteiger partial charge in [0.05, 0.1) is 56.7 Å². The molecule has 15 heteroatoms. The van der Waals surface area contributed by atoms with E-state index in [9.17, 15) is 19.2 Å². The summed E-state index contributed by atoms with van der Waals surface area (Å²) in [6.45, 7) is 9.30. The van der Waals surface area contributed by atoms with E-state index in [-0.39, 0.29) is 47.1 Å². The lowest BCUT2D eigenvalue weighted by Crippen LogP contribution is -2.51. The van der Waals surface area contributed by atoms with Gasteiger partial charge in [-0.2, -0.15) is 0 Å². The maximum absolute atomic E-state index is 13.9. The monoisotopic (exact) mass is 858 g/mol. The minimum Gasteiger partial charge on any atom is -0.453 e. The van der Waals surface area contributed by atoms with Crippen molar-refractivity contribution < 1.29 is 33.4 Å². The lowest BCUT2D eigenvalue weighted by Gasteiger charge is -2.30. The van der Waals surface area contributed by atoms with E-state index in [1.54, 1.807) is 18.2 Å². The molecular weight excluding hydrogens is 801 g/mol. The molecule has 5 aromatic rings. The summed E-state index contributed by atoms with van der Waals surface area (Å²) in [7, 11) is 4.25. The Bertz CT molecular complexity index is 2470. The van der Waals surface area contributed by atoms with E-state index < -0.39 is 24.3 Å². The first-order valence-electron chi connectivity index (χ1n) is 21.8. The fourth-order valence-corrected chi connectivity index (χ4v) is 9.35. The average Bonchev–Trinajstić information content (AvgIpc) is 3.78. The number of imidazole rings is 2. The molecule has 3 aliphatic rings. The molecule has 0 bridgehead atoms. The van der Waals surface area contributed by atoms with Crippen molar-refractivity contribution in [3.05, 3.63) is 84.7 Å². The van der Waals surface area contributed by atoms with E-state index >= 15 is 0 Å². The zero-order valence-electron chi connectivity index (χ0n) is 37.1. The molecule has 3 fully saturated rings. The van der Waals surface area contributed by atoms with Gasteiger partial charge in [-0.1, -0.05) is 76.2 Å². The van der Waals surface area contributed by atoms with Crippen LogP contribution in [0.2, 0.25) is 0 Å². The number of ether oxygens (including phenoxy) is 3. The molecule has 2 aromatic heterocycles. The van der Waals surface area contributed by atoms with Gasteiger partial charge in [0.2, 0.25) is 11.8 Å². The number of benzene rings is 3. The van der Waals surface area contributed by atoms with Crippen LogP contribution in [-0.4, -0.2) is 107 Å². The number of methoxy groups -OCH3 is 3. The van der Waals surface area contributed by atoms with E-state index in [0.717, 1.165) is 69.5 Å². The van der Waals surface area contributed by atoms with Gasteiger partial charge in [0.15, 0.2) is 0 Å². The highest BCUT2D eigenvalue weighted by Gasteiger charge is 2.55.